The Morgan fingerprint density at radius 2 is 2.27 bits per heavy atom. The monoisotopic (exact) mass is 223 g/mol. The fourth-order valence-electron chi connectivity index (χ4n) is 1.56. The fraction of sp³-hybridized carbons (Fsp3) is 0.538. The molecule has 1 aromatic rings. The lowest BCUT2D eigenvalue weighted by Crippen LogP contribution is -2.20. The summed E-state index contributed by atoms with van der Waals surface area (Å²) in [6.07, 6.45) is 5.33. The molecule has 0 aliphatic carbocycles. The van der Waals surface area contributed by atoms with E-state index in [1.165, 1.54) is 16.2 Å². The van der Waals surface area contributed by atoms with E-state index in [1.54, 1.807) is 0 Å². The lowest BCUT2D eigenvalue weighted by Gasteiger charge is -2.14. The van der Waals surface area contributed by atoms with E-state index in [2.05, 4.69) is 37.9 Å². The van der Waals surface area contributed by atoms with Crippen molar-refractivity contribution in [3.05, 3.63) is 34.5 Å². The van der Waals surface area contributed by atoms with E-state index < -0.39 is 0 Å². The van der Waals surface area contributed by atoms with Gasteiger partial charge < -0.3 is 5.32 Å². The number of aryl methyl sites for hydroxylation is 1. The van der Waals surface area contributed by atoms with Gasteiger partial charge in [-0.25, -0.2) is 0 Å². The van der Waals surface area contributed by atoms with Crippen molar-refractivity contribution in [1.29, 1.82) is 0 Å². The molecule has 84 valence electrons. The maximum absolute atomic E-state index is 3.83. The molecule has 1 N–H and O–H groups in total. The van der Waals surface area contributed by atoms with Gasteiger partial charge >= 0.3 is 0 Å². The first-order chi connectivity index (χ1) is 7.31. The molecular weight excluding hydrogens is 202 g/mol. The second-order valence-corrected chi connectivity index (χ2v) is 4.89. The minimum absolute atomic E-state index is 0.466. The van der Waals surface area contributed by atoms with Crippen molar-refractivity contribution in [3.8, 4) is 0 Å². The molecular formula is C13H21NS. The van der Waals surface area contributed by atoms with Crippen LogP contribution < -0.4 is 5.32 Å². The largest absolute Gasteiger partial charge is 0.309 e. The van der Waals surface area contributed by atoms with E-state index in [4.69, 9.17) is 0 Å². The molecule has 1 unspecified atom stereocenters. The Balaban J connectivity index is 2.64. The van der Waals surface area contributed by atoms with E-state index in [-0.39, 0.29) is 0 Å². The average Bonchev–Trinajstić information content (AvgIpc) is 2.72. The third-order valence-corrected chi connectivity index (χ3v) is 3.76. The van der Waals surface area contributed by atoms with Crippen molar-refractivity contribution in [2.75, 3.05) is 6.54 Å². The molecule has 0 bridgehead atoms. The summed E-state index contributed by atoms with van der Waals surface area (Å²) in [7, 11) is 0. The van der Waals surface area contributed by atoms with Crippen LogP contribution in [0.15, 0.2) is 24.8 Å². The lowest BCUT2D eigenvalue weighted by molar-refractivity contribution is 0.544. The van der Waals surface area contributed by atoms with Gasteiger partial charge in [0.25, 0.3) is 0 Å². The van der Waals surface area contributed by atoms with Gasteiger partial charge in [-0.15, -0.1) is 17.9 Å². The summed E-state index contributed by atoms with van der Waals surface area (Å²) in [5.74, 6) is 0. The molecule has 1 atom stereocenters. The van der Waals surface area contributed by atoms with Crippen LogP contribution in [0.3, 0.4) is 0 Å². The Morgan fingerprint density at radius 1 is 1.47 bits per heavy atom. The molecule has 0 aliphatic heterocycles. The third-order valence-electron chi connectivity index (χ3n) is 2.42. The van der Waals surface area contributed by atoms with Gasteiger partial charge in [0.2, 0.25) is 0 Å². The summed E-state index contributed by atoms with van der Waals surface area (Å²) < 4.78 is 0. The predicted octanol–water partition coefficient (Wildman–Crippen LogP) is 3.93. The topological polar surface area (TPSA) is 12.0 Å². The number of hydrogen-bond donors (Lipinski definition) is 1. The van der Waals surface area contributed by atoms with Crippen molar-refractivity contribution in [2.24, 2.45) is 0 Å². The first kappa shape index (κ1) is 12.5. The average molecular weight is 223 g/mol. The number of nitrogens with one attached hydrogen (secondary N) is 1. The second-order valence-electron chi connectivity index (χ2n) is 3.69. The zero-order chi connectivity index (χ0) is 11.1. The van der Waals surface area contributed by atoms with Crippen molar-refractivity contribution in [3.63, 3.8) is 0 Å². The zero-order valence-corrected chi connectivity index (χ0v) is 10.6. The van der Waals surface area contributed by atoms with Crippen molar-refractivity contribution in [2.45, 2.75) is 39.2 Å². The van der Waals surface area contributed by atoms with Gasteiger partial charge in [0, 0.05) is 15.8 Å². The second kappa shape index (κ2) is 6.81. The Labute approximate surface area is 97.2 Å². The molecule has 1 rings (SSSR count). The maximum atomic E-state index is 3.83. The first-order valence-corrected chi connectivity index (χ1v) is 6.56. The quantitative estimate of drug-likeness (QED) is 0.691. The number of hydrogen-bond acceptors (Lipinski definition) is 2. The Morgan fingerprint density at radius 3 is 2.80 bits per heavy atom. The van der Waals surface area contributed by atoms with Gasteiger partial charge in [-0.05, 0) is 37.9 Å². The highest BCUT2D eigenvalue weighted by molar-refractivity contribution is 7.12. The zero-order valence-electron chi connectivity index (χ0n) is 9.75. The molecule has 0 amide bonds. The summed E-state index contributed by atoms with van der Waals surface area (Å²) in [6.45, 7) is 9.31. The van der Waals surface area contributed by atoms with Crippen LogP contribution in [0.4, 0.5) is 0 Å². The summed E-state index contributed by atoms with van der Waals surface area (Å²) in [5.41, 5.74) is 0. The van der Waals surface area contributed by atoms with Crippen LogP contribution in [-0.2, 0) is 6.42 Å². The summed E-state index contributed by atoms with van der Waals surface area (Å²) >= 11 is 1.92. The van der Waals surface area contributed by atoms with Crippen LogP contribution in [0.2, 0.25) is 0 Å². The van der Waals surface area contributed by atoms with Crippen LogP contribution in [0.25, 0.3) is 0 Å². The molecule has 1 heterocycles. The molecule has 0 spiro atoms. The van der Waals surface area contributed by atoms with E-state index in [0.29, 0.717) is 6.04 Å². The number of rotatable bonds is 7. The summed E-state index contributed by atoms with van der Waals surface area (Å²) in [5, 5.41) is 3.56. The minimum Gasteiger partial charge on any atom is -0.309 e. The third kappa shape index (κ3) is 3.80. The molecule has 0 saturated heterocycles. The minimum atomic E-state index is 0.466. The van der Waals surface area contributed by atoms with Crippen LogP contribution in [-0.4, -0.2) is 6.54 Å². The standard InChI is InChI=1S/C13H21NS/c1-4-7-12(14-10-5-2)13-9-8-11(6-3)15-13/h4,8-9,12,14H,1,5-7,10H2,2-3H3. The normalized spacial score (nSPS) is 12.7. The maximum Gasteiger partial charge on any atom is 0.0449 e. The Hall–Kier alpha value is -0.600. The molecule has 0 saturated carbocycles. The molecule has 15 heavy (non-hydrogen) atoms. The van der Waals surface area contributed by atoms with E-state index in [1.807, 2.05) is 17.4 Å². The van der Waals surface area contributed by atoms with Gasteiger partial charge in [-0.2, -0.15) is 0 Å². The Kier molecular flexibility index (Phi) is 5.66. The first-order valence-electron chi connectivity index (χ1n) is 5.74. The smallest absolute Gasteiger partial charge is 0.0449 e. The molecule has 0 aliphatic rings. The molecule has 0 aromatic carbocycles. The van der Waals surface area contributed by atoms with Gasteiger partial charge in [-0.1, -0.05) is 19.9 Å². The Bertz CT molecular complexity index is 290. The fourth-order valence-corrected chi connectivity index (χ4v) is 2.60. The van der Waals surface area contributed by atoms with Crippen LogP contribution >= 0.6 is 11.3 Å². The molecule has 1 aromatic heterocycles. The van der Waals surface area contributed by atoms with Crippen LogP contribution in [0.1, 0.15) is 42.5 Å². The lowest BCUT2D eigenvalue weighted by atomic mass is 10.1. The van der Waals surface area contributed by atoms with Gasteiger partial charge in [-0.3, -0.25) is 0 Å². The van der Waals surface area contributed by atoms with Gasteiger partial charge in [0.05, 0.1) is 0 Å². The molecule has 1 nitrogen and oxygen atoms in total. The highest BCUT2D eigenvalue weighted by Gasteiger charge is 2.10. The summed E-state index contributed by atoms with van der Waals surface area (Å²) in [6, 6.07) is 4.96. The molecule has 0 fully saturated rings. The highest BCUT2D eigenvalue weighted by atomic mass is 32.1. The predicted molar refractivity (Wildman–Crippen MR) is 69.5 cm³/mol. The van der Waals surface area contributed by atoms with Gasteiger partial charge in [0.1, 0.15) is 0 Å². The summed E-state index contributed by atoms with van der Waals surface area (Å²) in [4.78, 5) is 2.91. The molecule has 0 radical (unpaired) electrons. The van der Waals surface area contributed by atoms with Gasteiger partial charge in [0.15, 0.2) is 0 Å². The van der Waals surface area contributed by atoms with Crippen molar-refractivity contribution in [1.82, 2.24) is 5.32 Å². The molecule has 2 heteroatoms. The van der Waals surface area contributed by atoms with Crippen LogP contribution in [0.5, 0.6) is 0 Å². The van der Waals surface area contributed by atoms with Crippen LogP contribution in [0, 0.1) is 0 Å². The SMILES string of the molecule is C=CCC(NCCC)c1ccc(CC)s1. The van der Waals surface area contributed by atoms with E-state index in [0.717, 1.165) is 19.4 Å². The van der Waals surface area contributed by atoms with Crippen molar-refractivity contribution < 1.29 is 0 Å². The highest BCUT2D eigenvalue weighted by Crippen LogP contribution is 2.26. The number of thiophene rings is 1. The van der Waals surface area contributed by atoms with Crippen molar-refractivity contribution >= 4 is 11.3 Å². The van der Waals surface area contributed by atoms with E-state index >= 15 is 0 Å². The van der Waals surface area contributed by atoms with E-state index in [9.17, 15) is 0 Å².